The van der Waals surface area contributed by atoms with Crippen molar-refractivity contribution in [3.8, 4) is 0 Å². The number of nitrogens with zero attached hydrogens (tertiary/aromatic N) is 1. The molecule has 0 fully saturated rings. The first-order valence-electron chi connectivity index (χ1n) is 4.63. The van der Waals surface area contributed by atoms with Gasteiger partial charge >= 0.3 is 5.97 Å². The Labute approximate surface area is 85.9 Å². The van der Waals surface area contributed by atoms with Crippen molar-refractivity contribution in [3.63, 3.8) is 0 Å². The van der Waals surface area contributed by atoms with Gasteiger partial charge < -0.3 is 15.8 Å². The molecule has 1 heterocycles. The number of nitrogens with two attached hydrogens (primary N) is 1. The van der Waals surface area contributed by atoms with Crippen molar-refractivity contribution in [1.29, 1.82) is 0 Å². The highest BCUT2D eigenvalue weighted by atomic mass is 16.4. The van der Waals surface area contributed by atoms with Crippen LogP contribution in [0.5, 0.6) is 0 Å². The van der Waals surface area contributed by atoms with Crippen LogP contribution >= 0.6 is 0 Å². The van der Waals surface area contributed by atoms with Crippen LogP contribution in [-0.2, 0) is 6.42 Å². The van der Waals surface area contributed by atoms with E-state index in [1.807, 2.05) is 6.92 Å². The molecule has 0 aliphatic rings. The van der Waals surface area contributed by atoms with Gasteiger partial charge in [-0.15, -0.1) is 0 Å². The molecular weight excluding hydrogens is 194 g/mol. The number of fused-ring (bicyclic) bond motifs is 1. The first-order valence-corrected chi connectivity index (χ1v) is 4.63. The molecule has 0 bridgehead atoms. The molecule has 0 saturated carbocycles. The van der Waals surface area contributed by atoms with Crippen molar-refractivity contribution >= 4 is 23.0 Å². The predicted molar refractivity (Wildman–Crippen MR) is 56.8 cm³/mol. The highest BCUT2D eigenvalue weighted by molar-refractivity contribution is 5.94. The maximum absolute atomic E-state index is 10.9. The monoisotopic (exact) mass is 205 g/mol. The fraction of sp³-hybridized carbons (Fsp3) is 0.200. The molecule has 78 valence electrons. The Morgan fingerprint density at radius 3 is 2.93 bits per heavy atom. The van der Waals surface area contributed by atoms with E-state index in [4.69, 9.17) is 10.8 Å². The standard InChI is InChI=1S/C10H11N3O2/c1-2-5-3-6(9(14)15)4-7-8(5)13-10(11)12-7/h3-4H,2H2,1H3,(H,14,15)(H3,11,12,13). The second-order valence-electron chi connectivity index (χ2n) is 3.31. The summed E-state index contributed by atoms with van der Waals surface area (Å²) in [7, 11) is 0. The molecule has 0 aliphatic heterocycles. The van der Waals surface area contributed by atoms with Gasteiger partial charge in [0.25, 0.3) is 0 Å². The van der Waals surface area contributed by atoms with Crippen molar-refractivity contribution < 1.29 is 9.90 Å². The third kappa shape index (κ3) is 1.52. The minimum atomic E-state index is -0.945. The zero-order chi connectivity index (χ0) is 11.0. The van der Waals surface area contributed by atoms with Crippen LogP contribution in [0.4, 0.5) is 5.95 Å². The zero-order valence-corrected chi connectivity index (χ0v) is 8.24. The van der Waals surface area contributed by atoms with Crippen LogP contribution < -0.4 is 5.73 Å². The number of hydrogen-bond donors (Lipinski definition) is 3. The molecule has 0 unspecified atom stereocenters. The number of carbonyl (C=O) groups is 1. The van der Waals surface area contributed by atoms with E-state index in [2.05, 4.69) is 9.97 Å². The van der Waals surface area contributed by atoms with E-state index in [0.29, 0.717) is 11.5 Å². The lowest BCUT2D eigenvalue weighted by Crippen LogP contribution is -1.98. The SMILES string of the molecule is CCc1cc(C(=O)O)cc2[nH]c(N)nc12. The van der Waals surface area contributed by atoms with Gasteiger partial charge in [0, 0.05) is 0 Å². The van der Waals surface area contributed by atoms with Crippen molar-refractivity contribution in [3.05, 3.63) is 23.3 Å². The second-order valence-corrected chi connectivity index (χ2v) is 3.31. The Bertz CT molecular complexity index is 531. The maximum Gasteiger partial charge on any atom is 0.335 e. The number of nitrogens with one attached hydrogen (secondary N) is 1. The van der Waals surface area contributed by atoms with Gasteiger partial charge in [0.15, 0.2) is 5.95 Å². The third-order valence-corrected chi connectivity index (χ3v) is 2.31. The molecule has 0 saturated heterocycles. The van der Waals surface area contributed by atoms with Gasteiger partial charge in [-0.2, -0.15) is 0 Å². The maximum atomic E-state index is 10.9. The Balaban J connectivity index is 2.76. The van der Waals surface area contributed by atoms with E-state index in [-0.39, 0.29) is 5.56 Å². The number of nitrogen functional groups attached to an aromatic ring is 1. The van der Waals surface area contributed by atoms with Gasteiger partial charge in [-0.05, 0) is 24.1 Å². The number of benzene rings is 1. The molecule has 0 spiro atoms. The number of aromatic carboxylic acids is 1. The van der Waals surface area contributed by atoms with Crippen LogP contribution in [-0.4, -0.2) is 21.0 Å². The quantitative estimate of drug-likeness (QED) is 0.691. The number of anilines is 1. The number of rotatable bonds is 2. The third-order valence-electron chi connectivity index (χ3n) is 2.31. The molecule has 0 atom stereocenters. The second kappa shape index (κ2) is 3.27. The van der Waals surface area contributed by atoms with Crippen molar-refractivity contribution in [1.82, 2.24) is 9.97 Å². The van der Waals surface area contributed by atoms with Crippen LogP contribution in [0.2, 0.25) is 0 Å². The lowest BCUT2D eigenvalue weighted by Gasteiger charge is -2.00. The summed E-state index contributed by atoms with van der Waals surface area (Å²) in [4.78, 5) is 17.8. The number of aromatic amines is 1. The van der Waals surface area contributed by atoms with Crippen LogP contribution in [0.25, 0.3) is 11.0 Å². The predicted octanol–water partition coefficient (Wildman–Crippen LogP) is 1.41. The van der Waals surface area contributed by atoms with Crippen LogP contribution in [0, 0.1) is 0 Å². The molecule has 1 aromatic heterocycles. The van der Waals surface area contributed by atoms with E-state index < -0.39 is 5.97 Å². The molecule has 0 radical (unpaired) electrons. The fourth-order valence-corrected chi connectivity index (χ4v) is 1.60. The molecule has 4 N–H and O–H groups in total. The van der Waals surface area contributed by atoms with Crippen LogP contribution in [0.3, 0.4) is 0 Å². The van der Waals surface area contributed by atoms with Crippen molar-refractivity contribution in [2.75, 3.05) is 5.73 Å². The van der Waals surface area contributed by atoms with Gasteiger partial charge in [0.05, 0.1) is 16.6 Å². The number of hydrogen-bond acceptors (Lipinski definition) is 3. The van der Waals surface area contributed by atoms with Gasteiger partial charge in [-0.3, -0.25) is 0 Å². The first-order chi connectivity index (χ1) is 7.11. The van der Waals surface area contributed by atoms with E-state index >= 15 is 0 Å². The zero-order valence-electron chi connectivity index (χ0n) is 8.24. The van der Waals surface area contributed by atoms with Gasteiger partial charge in [-0.1, -0.05) is 6.92 Å². The summed E-state index contributed by atoms with van der Waals surface area (Å²) in [6, 6.07) is 3.17. The summed E-state index contributed by atoms with van der Waals surface area (Å²) >= 11 is 0. The van der Waals surface area contributed by atoms with Gasteiger partial charge in [-0.25, -0.2) is 9.78 Å². The van der Waals surface area contributed by atoms with Crippen LogP contribution in [0.15, 0.2) is 12.1 Å². The smallest absolute Gasteiger partial charge is 0.335 e. The average molecular weight is 205 g/mol. The molecule has 1 aromatic carbocycles. The Hall–Kier alpha value is -2.04. The lowest BCUT2D eigenvalue weighted by atomic mass is 10.1. The molecule has 0 aliphatic carbocycles. The number of aryl methyl sites for hydroxylation is 1. The number of carboxylic acids is 1. The summed E-state index contributed by atoms with van der Waals surface area (Å²) in [6.45, 7) is 1.95. The summed E-state index contributed by atoms with van der Waals surface area (Å²) in [5.74, 6) is -0.637. The number of aromatic nitrogens is 2. The van der Waals surface area contributed by atoms with E-state index in [1.54, 1.807) is 12.1 Å². The number of carboxylic acid groups (broad SMARTS) is 1. The van der Waals surface area contributed by atoms with E-state index in [9.17, 15) is 4.79 Å². The largest absolute Gasteiger partial charge is 0.478 e. The van der Waals surface area contributed by atoms with E-state index in [1.165, 1.54) is 0 Å². The molecule has 5 nitrogen and oxygen atoms in total. The molecule has 2 aromatic rings. The minimum Gasteiger partial charge on any atom is -0.478 e. The highest BCUT2D eigenvalue weighted by Gasteiger charge is 2.10. The average Bonchev–Trinajstić information content (AvgIpc) is 2.56. The summed E-state index contributed by atoms with van der Waals surface area (Å²) in [5.41, 5.74) is 8.09. The Morgan fingerprint density at radius 1 is 1.60 bits per heavy atom. The van der Waals surface area contributed by atoms with Crippen LogP contribution in [0.1, 0.15) is 22.8 Å². The molecular formula is C10H11N3O2. The van der Waals surface area contributed by atoms with Crippen molar-refractivity contribution in [2.24, 2.45) is 0 Å². The topological polar surface area (TPSA) is 92.0 Å². The lowest BCUT2D eigenvalue weighted by molar-refractivity contribution is 0.0697. The molecule has 2 rings (SSSR count). The Kier molecular flexibility index (Phi) is 2.07. The molecule has 15 heavy (non-hydrogen) atoms. The van der Waals surface area contributed by atoms with Crippen molar-refractivity contribution in [2.45, 2.75) is 13.3 Å². The van der Waals surface area contributed by atoms with E-state index in [0.717, 1.165) is 17.5 Å². The fourth-order valence-electron chi connectivity index (χ4n) is 1.60. The molecule has 5 heteroatoms. The summed E-state index contributed by atoms with van der Waals surface area (Å²) in [6.07, 6.45) is 0.724. The van der Waals surface area contributed by atoms with Gasteiger partial charge in [0.2, 0.25) is 0 Å². The summed E-state index contributed by atoms with van der Waals surface area (Å²) < 4.78 is 0. The normalized spacial score (nSPS) is 10.7. The minimum absolute atomic E-state index is 0.253. The summed E-state index contributed by atoms with van der Waals surface area (Å²) in [5, 5.41) is 8.91. The van der Waals surface area contributed by atoms with Gasteiger partial charge in [0.1, 0.15) is 0 Å². The number of H-pyrrole nitrogens is 1. The Morgan fingerprint density at radius 2 is 2.33 bits per heavy atom. The molecule has 0 amide bonds. The first kappa shape index (κ1) is 9.51. The highest BCUT2D eigenvalue weighted by Crippen LogP contribution is 2.20. The number of imidazole rings is 1.